The number of carbonyl (C=O) groups is 1. The van der Waals surface area contributed by atoms with Crippen LogP contribution in [-0.2, 0) is 12.7 Å². The summed E-state index contributed by atoms with van der Waals surface area (Å²) in [6.07, 6.45) is -4.46. The van der Waals surface area contributed by atoms with E-state index in [1.165, 1.54) is 6.07 Å². The van der Waals surface area contributed by atoms with E-state index >= 15 is 0 Å². The van der Waals surface area contributed by atoms with E-state index in [1.807, 2.05) is 36.4 Å². The first-order chi connectivity index (χ1) is 16.2. The largest absolute Gasteiger partial charge is 0.507 e. The Labute approximate surface area is 192 Å². The standard InChI is InChI=1S/C27H19F3N2O2/c28-27(29,30)19-9-4-6-16(12-19)15-32-21-11-5-10-20(26(31)34)24(21)25-22(32)13-18(14-23(25)33)17-7-2-1-3-8-17/h1-14,33H,15H2,(H2,31,34). The first-order valence-electron chi connectivity index (χ1n) is 10.5. The predicted octanol–water partition coefficient (Wildman–Crippen LogP) is 6.33. The Morgan fingerprint density at radius 2 is 1.56 bits per heavy atom. The second-order valence-corrected chi connectivity index (χ2v) is 8.10. The third kappa shape index (κ3) is 3.65. The maximum absolute atomic E-state index is 13.3. The first-order valence-corrected chi connectivity index (χ1v) is 10.5. The molecule has 4 nitrogen and oxygen atoms in total. The molecule has 5 rings (SSSR count). The zero-order valence-corrected chi connectivity index (χ0v) is 17.8. The fourth-order valence-electron chi connectivity index (χ4n) is 4.44. The number of hydrogen-bond acceptors (Lipinski definition) is 2. The van der Waals surface area contributed by atoms with Crippen LogP contribution in [0.2, 0.25) is 0 Å². The number of hydrogen-bond donors (Lipinski definition) is 2. The molecule has 1 heterocycles. The number of halogens is 3. The molecule has 7 heteroatoms. The van der Waals surface area contributed by atoms with Crippen molar-refractivity contribution < 1.29 is 23.1 Å². The van der Waals surface area contributed by atoms with Crippen LogP contribution in [0.15, 0.2) is 84.9 Å². The number of benzene rings is 4. The number of aromatic hydroxyl groups is 1. The van der Waals surface area contributed by atoms with Crippen LogP contribution in [-0.4, -0.2) is 15.6 Å². The van der Waals surface area contributed by atoms with Crippen LogP contribution in [0.3, 0.4) is 0 Å². The molecule has 0 atom stereocenters. The zero-order valence-electron chi connectivity index (χ0n) is 17.8. The van der Waals surface area contributed by atoms with E-state index in [4.69, 9.17) is 5.73 Å². The Kier molecular flexibility index (Phi) is 5.05. The van der Waals surface area contributed by atoms with Crippen LogP contribution in [0, 0.1) is 0 Å². The summed E-state index contributed by atoms with van der Waals surface area (Å²) in [6.45, 7) is 0.101. The van der Waals surface area contributed by atoms with Gasteiger partial charge in [0.1, 0.15) is 5.75 Å². The lowest BCUT2D eigenvalue weighted by molar-refractivity contribution is -0.137. The van der Waals surface area contributed by atoms with Crippen LogP contribution >= 0.6 is 0 Å². The van der Waals surface area contributed by atoms with Crippen molar-refractivity contribution in [3.05, 3.63) is 102 Å². The smallest absolute Gasteiger partial charge is 0.416 e. The summed E-state index contributed by atoms with van der Waals surface area (Å²) >= 11 is 0. The van der Waals surface area contributed by atoms with E-state index in [9.17, 15) is 23.1 Å². The third-order valence-electron chi connectivity index (χ3n) is 5.94. The number of phenols is 1. The molecule has 0 unspecified atom stereocenters. The summed E-state index contributed by atoms with van der Waals surface area (Å²) in [4.78, 5) is 12.2. The molecule has 0 radical (unpaired) electrons. The average molecular weight is 460 g/mol. The van der Waals surface area contributed by atoms with Gasteiger partial charge in [0, 0.05) is 17.5 Å². The number of primary amides is 1. The minimum absolute atomic E-state index is 0.0437. The fourth-order valence-corrected chi connectivity index (χ4v) is 4.44. The van der Waals surface area contributed by atoms with Gasteiger partial charge in [-0.05, 0) is 53.1 Å². The number of carbonyl (C=O) groups excluding carboxylic acids is 1. The van der Waals surface area contributed by atoms with Crippen LogP contribution in [0.5, 0.6) is 5.75 Å². The summed E-state index contributed by atoms with van der Waals surface area (Å²) in [5, 5.41) is 11.9. The van der Waals surface area contributed by atoms with E-state index < -0.39 is 17.6 Å². The molecule has 170 valence electrons. The highest BCUT2D eigenvalue weighted by atomic mass is 19.4. The number of alkyl halides is 3. The highest BCUT2D eigenvalue weighted by Crippen LogP contribution is 2.40. The van der Waals surface area contributed by atoms with Gasteiger partial charge in [-0.1, -0.05) is 48.5 Å². The third-order valence-corrected chi connectivity index (χ3v) is 5.94. The minimum atomic E-state index is -4.46. The molecule has 0 bridgehead atoms. The molecule has 1 aromatic heterocycles. The Balaban J connectivity index is 1.81. The number of rotatable bonds is 4. The predicted molar refractivity (Wildman–Crippen MR) is 126 cm³/mol. The number of aromatic nitrogens is 1. The summed E-state index contributed by atoms with van der Waals surface area (Å²) in [7, 11) is 0. The molecular formula is C27H19F3N2O2. The molecule has 5 aromatic rings. The van der Waals surface area contributed by atoms with E-state index in [-0.39, 0.29) is 17.9 Å². The van der Waals surface area contributed by atoms with E-state index in [0.717, 1.165) is 23.3 Å². The van der Waals surface area contributed by atoms with Crippen LogP contribution in [0.1, 0.15) is 21.5 Å². The van der Waals surface area contributed by atoms with E-state index in [0.29, 0.717) is 27.4 Å². The van der Waals surface area contributed by atoms with Crippen molar-refractivity contribution in [3.8, 4) is 16.9 Å². The van der Waals surface area contributed by atoms with Crippen molar-refractivity contribution in [1.82, 2.24) is 4.57 Å². The lowest BCUT2D eigenvalue weighted by Gasteiger charge is -2.12. The SMILES string of the molecule is NC(=O)c1cccc2c1c1c(O)cc(-c3ccccc3)cc1n2Cc1cccc(C(F)(F)F)c1. The van der Waals surface area contributed by atoms with E-state index in [1.54, 1.807) is 34.9 Å². The van der Waals surface area contributed by atoms with Crippen molar-refractivity contribution in [3.63, 3.8) is 0 Å². The lowest BCUT2D eigenvalue weighted by Crippen LogP contribution is -2.11. The summed E-state index contributed by atoms with van der Waals surface area (Å²) in [5.41, 5.74) is 8.31. The van der Waals surface area contributed by atoms with Gasteiger partial charge in [0.25, 0.3) is 0 Å². The number of amides is 1. The van der Waals surface area contributed by atoms with Gasteiger partial charge in [-0.25, -0.2) is 0 Å². The number of phenolic OH excluding ortho intramolecular Hbond substituents is 1. The lowest BCUT2D eigenvalue weighted by atomic mass is 10.0. The molecule has 4 aromatic carbocycles. The number of fused-ring (bicyclic) bond motifs is 3. The maximum atomic E-state index is 13.3. The van der Waals surface area contributed by atoms with Gasteiger partial charge in [-0.2, -0.15) is 13.2 Å². The second kappa shape index (κ2) is 7.95. The molecular weight excluding hydrogens is 441 g/mol. The molecule has 1 amide bonds. The van der Waals surface area contributed by atoms with Gasteiger partial charge >= 0.3 is 6.18 Å². The van der Waals surface area contributed by atoms with Crippen LogP contribution in [0.4, 0.5) is 13.2 Å². The molecule has 0 aliphatic carbocycles. The normalized spacial score (nSPS) is 11.9. The van der Waals surface area contributed by atoms with Crippen molar-refractivity contribution in [2.75, 3.05) is 0 Å². The van der Waals surface area contributed by atoms with Gasteiger partial charge in [-0.3, -0.25) is 4.79 Å². The Morgan fingerprint density at radius 3 is 2.26 bits per heavy atom. The number of nitrogens with zero attached hydrogens (tertiary/aromatic N) is 1. The van der Waals surface area contributed by atoms with Crippen molar-refractivity contribution in [2.24, 2.45) is 5.73 Å². The quantitative estimate of drug-likeness (QED) is 0.329. The van der Waals surface area contributed by atoms with Crippen molar-refractivity contribution in [1.29, 1.82) is 0 Å². The van der Waals surface area contributed by atoms with Gasteiger partial charge in [0.15, 0.2) is 0 Å². The topological polar surface area (TPSA) is 68.2 Å². The monoisotopic (exact) mass is 460 g/mol. The molecule has 0 fully saturated rings. The van der Waals surface area contributed by atoms with Gasteiger partial charge in [0.2, 0.25) is 5.91 Å². The first kappa shape index (κ1) is 21.6. The summed E-state index contributed by atoms with van der Waals surface area (Å²) < 4.78 is 41.7. The highest BCUT2D eigenvalue weighted by molar-refractivity contribution is 6.20. The molecule has 0 saturated carbocycles. The van der Waals surface area contributed by atoms with Gasteiger partial charge < -0.3 is 15.4 Å². The van der Waals surface area contributed by atoms with Crippen LogP contribution < -0.4 is 5.73 Å². The van der Waals surface area contributed by atoms with Gasteiger partial charge in [-0.15, -0.1) is 0 Å². The summed E-state index contributed by atoms with van der Waals surface area (Å²) in [5.74, 6) is -0.701. The molecule has 0 saturated heterocycles. The molecule has 0 aliphatic heterocycles. The second-order valence-electron chi connectivity index (χ2n) is 8.10. The molecule has 0 spiro atoms. The summed E-state index contributed by atoms with van der Waals surface area (Å²) in [6, 6.07) is 23.0. The molecule has 3 N–H and O–H groups in total. The zero-order chi connectivity index (χ0) is 24.0. The fraction of sp³-hybridized carbons (Fsp3) is 0.0741. The van der Waals surface area contributed by atoms with Crippen LogP contribution in [0.25, 0.3) is 32.9 Å². The van der Waals surface area contributed by atoms with Crippen molar-refractivity contribution >= 4 is 27.7 Å². The minimum Gasteiger partial charge on any atom is -0.507 e. The maximum Gasteiger partial charge on any atom is 0.416 e. The Bertz CT molecular complexity index is 1550. The molecule has 0 aliphatic rings. The Hall–Kier alpha value is -4.26. The van der Waals surface area contributed by atoms with Gasteiger partial charge in [0.05, 0.1) is 22.0 Å². The number of nitrogens with two attached hydrogens (primary N) is 1. The molecule has 34 heavy (non-hydrogen) atoms. The van der Waals surface area contributed by atoms with E-state index in [2.05, 4.69) is 0 Å². The Morgan fingerprint density at radius 1 is 0.824 bits per heavy atom. The highest BCUT2D eigenvalue weighted by Gasteiger charge is 2.30. The van der Waals surface area contributed by atoms with Crippen molar-refractivity contribution in [2.45, 2.75) is 12.7 Å². The average Bonchev–Trinajstić information content (AvgIpc) is 3.13.